The molecule has 0 radical (unpaired) electrons. The number of ether oxygens (including phenoxy) is 1. The molecule has 0 amide bonds. The van der Waals surface area contributed by atoms with Crippen LogP contribution in [0.3, 0.4) is 0 Å². The zero-order chi connectivity index (χ0) is 13.0. The summed E-state index contributed by atoms with van der Waals surface area (Å²) in [6, 6.07) is 0.490. The van der Waals surface area contributed by atoms with Crippen molar-refractivity contribution in [2.24, 2.45) is 5.92 Å². The maximum Gasteiger partial charge on any atom is 0.208 e. The van der Waals surface area contributed by atoms with Gasteiger partial charge in [-0.2, -0.15) is 0 Å². The Kier molecular flexibility index (Phi) is 5.23. The molecule has 1 aliphatic heterocycles. The van der Waals surface area contributed by atoms with Crippen LogP contribution in [0.4, 0.5) is 5.13 Å². The van der Waals surface area contributed by atoms with Gasteiger partial charge in [-0.15, -0.1) is 10.2 Å². The second kappa shape index (κ2) is 6.70. The number of hydrogen-bond donors (Lipinski definition) is 1. The molecule has 0 aliphatic carbocycles. The van der Waals surface area contributed by atoms with Crippen LogP contribution in [0, 0.1) is 5.92 Å². The van der Waals surface area contributed by atoms with Gasteiger partial charge in [0.25, 0.3) is 0 Å². The third-order valence-electron chi connectivity index (χ3n) is 3.07. The van der Waals surface area contributed by atoms with E-state index < -0.39 is 0 Å². The minimum absolute atomic E-state index is 0.490. The molecule has 102 valence electrons. The van der Waals surface area contributed by atoms with Crippen LogP contribution in [0.15, 0.2) is 4.34 Å². The molecule has 0 aromatic carbocycles. The fourth-order valence-electron chi connectivity index (χ4n) is 1.93. The molecular formula is C11H20N4OS2. The maximum absolute atomic E-state index is 5.45. The van der Waals surface area contributed by atoms with Crippen LogP contribution in [0.5, 0.6) is 0 Å². The van der Waals surface area contributed by atoms with Gasteiger partial charge in [0.1, 0.15) is 0 Å². The molecule has 2 atom stereocenters. The Morgan fingerprint density at radius 1 is 1.56 bits per heavy atom. The average Bonchev–Trinajstić information content (AvgIpc) is 3.00. The summed E-state index contributed by atoms with van der Waals surface area (Å²) >= 11 is 3.42. The Morgan fingerprint density at radius 3 is 2.94 bits per heavy atom. The highest BCUT2D eigenvalue weighted by Crippen LogP contribution is 2.29. The monoisotopic (exact) mass is 288 g/mol. The van der Waals surface area contributed by atoms with Crippen molar-refractivity contribution >= 4 is 28.2 Å². The summed E-state index contributed by atoms with van der Waals surface area (Å²) in [7, 11) is 6.00. The SMILES string of the molecule is CNC(CSc1nnc(N(C)C)s1)C1CCOC1. The van der Waals surface area contributed by atoms with Crippen molar-refractivity contribution in [2.75, 3.05) is 45.0 Å². The van der Waals surface area contributed by atoms with Gasteiger partial charge in [-0.1, -0.05) is 23.1 Å². The maximum atomic E-state index is 5.45. The van der Waals surface area contributed by atoms with Gasteiger partial charge >= 0.3 is 0 Å². The van der Waals surface area contributed by atoms with E-state index in [1.807, 2.05) is 26.0 Å². The van der Waals surface area contributed by atoms with E-state index in [-0.39, 0.29) is 0 Å². The first-order chi connectivity index (χ1) is 8.70. The van der Waals surface area contributed by atoms with Gasteiger partial charge in [-0.25, -0.2) is 0 Å². The topological polar surface area (TPSA) is 50.3 Å². The van der Waals surface area contributed by atoms with Crippen molar-refractivity contribution in [3.05, 3.63) is 0 Å². The highest BCUT2D eigenvalue weighted by Gasteiger charge is 2.24. The molecule has 0 saturated carbocycles. The average molecular weight is 288 g/mol. The molecule has 18 heavy (non-hydrogen) atoms. The summed E-state index contributed by atoms with van der Waals surface area (Å²) in [6.07, 6.45) is 1.16. The van der Waals surface area contributed by atoms with E-state index in [4.69, 9.17) is 4.74 Å². The van der Waals surface area contributed by atoms with Crippen LogP contribution in [0.1, 0.15) is 6.42 Å². The number of nitrogens with zero attached hydrogens (tertiary/aromatic N) is 3. The predicted octanol–water partition coefficient (Wildman–Crippen LogP) is 1.32. The smallest absolute Gasteiger partial charge is 0.208 e. The molecular weight excluding hydrogens is 268 g/mol. The summed E-state index contributed by atoms with van der Waals surface area (Å²) < 4.78 is 6.49. The van der Waals surface area contributed by atoms with Crippen LogP contribution >= 0.6 is 23.1 Å². The van der Waals surface area contributed by atoms with Crippen LogP contribution < -0.4 is 10.2 Å². The molecule has 7 heteroatoms. The highest BCUT2D eigenvalue weighted by molar-refractivity contribution is 8.01. The second-order valence-corrected chi connectivity index (χ2v) is 6.80. The molecule has 1 N–H and O–H groups in total. The van der Waals surface area contributed by atoms with Crippen molar-refractivity contribution in [3.8, 4) is 0 Å². The highest BCUT2D eigenvalue weighted by atomic mass is 32.2. The Balaban J connectivity index is 1.84. The van der Waals surface area contributed by atoms with Crippen molar-refractivity contribution in [1.82, 2.24) is 15.5 Å². The Bertz CT molecular complexity index is 366. The fraction of sp³-hybridized carbons (Fsp3) is 0.818. The number of nitrogens with one attached hydrogen (secondary N) is 1. The van der Waals surface area contributed by atoms with Gasteiger partial charge in [0.2, 0.25) is 5.13 Å². The van der Waals surface area contributed by atoms with Gasteiger partial charge in [-0.3, -0.25) is 0 Å². The van der Waals surface area contributed by atoms with E-state index in [0.29, 0.717) is 12.0 Å². The van der Waals surface area contributed by atoms with E-state index in [1.54, 1.807) is 23.1 Å². The lowest BCUT2D eigenvalue weighted by Gasteiger charge is -2.20. The Morgan fingerprint density at radius 2 is 2.39 bits per heavy atom. The van der Waals surface area contributed by atoms with Crippen LogP contribution in [0.25, 0.3) is 0 Å². The predicted molar refractivity (Wildman–Crippen MR) is 76.7 cm³/mol. The standard InChI is InChI=1S/C11H20N4OS2/c1-12-9(8-4-5-16-6-8)7-17-11-14-13-10(18-11)15(2)3/h8-9,12H,4-7H2,1-3H3. The Labute approximate surface area is 116 Å². The lowest BCUT2D eigenvalue weighted by Crippen LogP contribution is -2.36. The first-order valence-electron chi connectivity index (χ1n) is 6.09. The van der Waals surface area contributed by atoms with Crippen LogP contribution in [-0.4, -0.2) is 56.3 Å². The first-order valence-corrected chi connectivity index (χ1v) is 7.89. The zero-order valence-electron chi connectivity index (χ0n) is 11.0. The molecule has 1 aromatic rings. The third-order valence-corrected chi connectivity index (χ3v) is 5.41. The first kappa shape index (κ1) is 14.0. The van der Waals surface area contributed by atoms with Crippen molar-refractivity contribution in [3.63, 3.8) is 0 Å². The molecule has 0 bridgehead atoms. The van der Waals surface area contributed by atoms with E-state index in [9.17, 15) is 0 Å². The summed E-state index contributed by atoms with van der Waals surface area (Å²) in [5.41, 5.74) is 0. The lowest BCUT2D eigenvalue weighted by molar-refractivity contribution is 0.180. The fourth-order valence-corrected chi connectivity index (χ4v) is 3.95. The molecule has 1 aromatic heterocycles. The summed E-state index contributed by atoms with van der Waals surface area (Å²) in [4.78, 5) is 1.99. The third kappa shape index (κ3) is 3.57. The molecule has 1 aliphatic rings. The van der Waals surface area contributed by atoms with E-state index in [1.165, 1.54) is 0 Å². The molecule has 2 rings (SSSR count). The van der Waals surface area contributed by atoms with Gasteiger partial charge in [0, 0.05) is 38.4 Å². The van der Waals surface area contributed by atoms with Gasteiger partial charge in [0.05, 0.1) is 6.61 Å². The van der Waals surface area contributed by atoms with Crippen molar-refractivity contribution < 1.29 is 4.74 Å². The van der Waals surface area contributed by atoms with Gasteiger partial charge in [0.15, 0.2) is 4.34 Å². The lowest BCUT2D eigenvalue weighted by atomic mass is 10.0. The number of anilines is 1. The number of hydrogen-bond acceptors (Lipinski definition) is 7. The summed E-state index contributed by atoms with van der Waals surface area (Å²) in [6.45, 7) is 1.78. The molecule has 5 nitrogen and oxygen atoms in total. The van der Waals surface area contributed by atoms with Crippen molar-refractivity contribution in [1.29, 1.82) is 0 Å². The number of thioether (sulfide) groups is 1. The summed E-state index contributed by atoms with van der Waals surface area (Å²) in [5.74, 6) is 1.65. The van der Waals surface area contributed by atoms with E-state index in [2.05, 4.69) is 15.5 Å². The van der Waals surface area contributed by atoms with Crippen LogP contribution in [-0.2, 0) is 4.74 Å². The molecule has 1 fully saturated rings. The Hall–Kier alpha value is -0.370. The minimum atomic E-state index is 0.490. The quantitative estimate of drug-likeness (QED) is 0.797. The molecule has 0 spiro atoms. The second-order valence-electron chi connectivity index (χ2n) is 4.57. The van der Waals surface area contributed by atoms with E-state index in [0.717, 1.165) is 34.9 Å². The normalized spacial score (nSPS) is 21.2. The van der Waals surface area contributed by atoms with Gasteiger partial charge in [-0.05, 0) is 13.5 Å². The molecule has 2 heterocycles. The summed E-state index contributed by atoms with van der Waals surface area (Å²) in [5, 5.41) is 12.7. The minimum Gasteiger partial charge on any atom is -0.381 e. The van der Waals surface area contributed by atoms with Gasteiger partial charge < -0.3 is 15.0 Å². The van der Waals surface area contributed by atoms with Crippen LogP contribution in [0.2, 0.25) is 0 Å². The number of rotatable bonds is 6. The molecule has 1 saturated heterocycles. The van der Waals surface area contributed by atoms with E-state index >= 15 is 0 Å². The number of aromatic nitrogens is 2. The molecule has 2 unspecified atom stereocenters. The van der Waals surface area contributed by atoms with Crippen molar-refractivity contribution in [2.45, 2.75) is 16.8 Å². The largest absolute Gasteiger partial charge is 0.381 e. The zero-order valence-corrected chi connectivity index (χ0v) is 12.7.